The number of fused-ring (bicyclic) bond motifs is 8. The second kappa shape index (κ2) is 11.2. The number of hydrogen-bond donors (Lipinski definition) is 0. The summed E-state index contributed by atoms with van der Waals surface area (Å²) in [5, 5.41) is 9.99. The molecule has 0 N–H and O–H groups in total. The van der Waals surface area contributed by atoms with E-state index in [1.807, 2.05) is 47.7 Å². The van der Waals surface area contributed by atoms with Crippen LogP contribution < -0.4 is 0 Å². The molecule has 0 aliphatic heterocycles. The molecule has 0 atom stereocenters. The molecule has 0 amide bonds. The van der Waals surface area contributed by atoms with E-state index < -0.39 is 0 Å². The van der Waals surface area contributed by atoms with Crippen LogP contribution in [0.3, 0.4) is 0 Å². The van der Waals surface area contributed by atoms with Gasteiger partial charge in [0.15, 0.2) is 17.5 Å². The van der Waals surface area contributed by atoms with Crippen LogP contribution in [-0.4, -0.2) is 15.0 Å². The van der Waals surface area contributed by atoms with Gasteiger partial charge in [0, 0.05) is 42.2 Å². The van der Waals surface area contributed by atoms with Crippen LogP contribution in [0.1, 0.15) is 0 Å². The fourth-order valence-corrected chi connectivity index (χ4v) is 8.56. The highest BCUT2D eigenvalue weighted by molar-refractivity contribution is 7.27. The van der Waals surface area contributed by atoms with E-state index >= 15 is 0 Å². The number of aromatic nitrogens is 3. The Morgan fingerprint density at radius 2 is 0.898 bits per heavy atom. The molecule has 0 spiro atoms. The molecule has 3 nitrogen and oxygen atoms in total. The lowest BCUT2D eigenvalue weighted by Gasteiger charge is -2.13. The van der Waals surface area contributed by atoms with Crippen LogP contribution in [0.25, 0.3) is 97.8 Å². The van der Waals surface area contributed by atoms with Crippen LogP contribution in [0.4, 0.5) is 0 Å². The van der Waals surface area contributed by atoms with Gasteiger partial charge in [0.05, 0.1) is 0 Å². The molecule has 0 aliphatic rings. The summed E-state index contributed by atoms with van der Waals surface area (Å²) in [6.45, 7) is 0. The van der Waals surface area contributed by atoms with E-state index in [9.17, 15) is 0 Å². The summed E-state index contributed by atoms with van der Waals surface area (Å²) < 4.78 is 2.61. The summed E-state index contributed by atoms with van der Waals surface area (Å²) in [5.41, 5.74) is 5.25. The van der Waals surface area contributed by atoms with Gasteiger partial charge in [-0.1, -0.05) is 152 Å². The maximum Gasteiger partial charge on any atom is 0.164 e. The van der Waals surface area contributed by atoms with Crippen molar-refractivity contribution in [3.63, 3.8) is 0 Å². The van der Waals surface area contributed by atoms with Crippen LogP contribution in [-0.2, 0) is 0 Å². The van der Waals surface area contributed by atoms with E-state index in [0.717, 1.165) is 33.0 Å². The van der Waals surface area contributed by atoms with Crippen molar-refractivity contribution in [2.75, 3.05) is 0 Å². The molecule has 10 aromatic rings. The first-order valence-electron chi connectivity index (χ1n) is 16.4. The van der Waals surface area contributed by atoms with E-state index in [0.29, 0.717) is 17.5 Å². The molecule has 0 unspecified atom stereocenters. The highest BCUT2D eigenvalue weighted by atomic mass is 32.1. The molecule has 0 fully saturated rings. The van der Waals surface area contributed by atoms with Crippen LogP contribution in [0.5, 0.6) is 0 Å². The molecule has 10 rings (SSSR count). The Morgan fingerprint density at radius 1 is 0.327 bits per heavy atom. The smallest absolute Gasteiger partial charge is 0.164 e. The summed E-state index contributed by atoms with van der Waals surface area (Å²) in [7, 11) is 0. The van der Waals surface area contributed by atoms with Crippen LogP contribution in [0, 0.1) is 0 Å². The minimum Gasteiger partial charge on any atom is -0.208 e. The number of hydrogen-bond acceptors (Lipinski definition) is 4. The number of nitrogens with zero attached hydrogens (tertiary/aromatic N) is 3. The first kappa shape index (κ1) is 27.8. The monoisotopic (exact) mass is 641 g/mol. The summed E-state index contributed by atoms with van der Waals surface area (Å²) >= 11 is 1.89. The second-order valence-corrected chi connectivity index (χ2v) is 13.4. The normalized spacial score (nSPS) is 11.7. The summed E-state index contributed by atoms with van der Waals surface area (Å²) in [4.78, 5) is 15.2. The molecule has 0 aliphatic carbocycles. The average molecular weight is 642 g/mol. The van der Waals surface area contributed by atoms with E-state index in [-0.39, 0.29) is 0 Å². The summed E-state index contributed by atoms with van der Waals surface area (Å²) in [5.74, 6) is 1.97. The van der Waals surface area contributed by atoms with Gasteiger partial charge in [0.1, 0.15) is 0 Å². The Morgan fingerprint density at radius 3 is 1.65 bits per heavy atom. The Bertz CT molecular complexity index is 2820. The predicted octanol–water partition coefficient (Wildman–Crippen LogP) is 12.4. The lowest BCUT2D eigenvalue weighted by atomic mass is 9.95. The molecule has 2 heterocycles. The van der Waals surface area contributed by atoms with Gasteiger partial charge >= 0.3 is 0 Å². The molecule has 0 radical (unpaired) electrons. The van der Waals surface area contributed by atoms with Crippen molar-refractivity contribution in [3.8, 4) is 45.3 Å². The minimum absolute atomic E-state index is 0.657. The lowest BCUT2D eigenvalue weighted by Crippen LogP contribution is -2.00. The predicted molar refractivity (Wildman–Crippen MR) is 207 cm³/mol. The lowest BCUT2D eigenvalue weighted by molar-refractivity contribution is 1.08. The zero-order valence-electron chi connectivity index (χ0n) is 26.3. The largest absolute Gasteiger partial charge is 0.208 e. The SMILES string of the molecule is c1ccc(-c2nc(-c3ccccc3)nc(-c3cc(-c4cccc5c4sc4c5ccc5ccc6ccccc6c54)cc4ccccc34)n2)cc1. The maximum atomic E-state index is 5.12. The first-order chi connectivity index (χ1) is 24.3. The highest BCUT2D eigenvalue weighted by Crippen LogP contribution is 2.45. The third-order valence-corrected chi connectivity index (χ3v) is 10.8. The number of thiophene rings is 1. The van der Waals surface area contributed by atoms with Gasteiger partial charge < -0.3 is 0 Å². The van der Waals surface area contributed by atoms with Crippen molar-refractivity contribution in [1.82, 2.24) is 15.0 Å². The minimum atomic E-state index is 0.657. The average Bonchev–Trinajstić information content (AvgIpc) is 3.57. The topological polar surface area (TPSA) is 38.7 Å². The number of benzene rings is 8. The van der Waals surface area contributed by atoms with Gasteiger partial charge in [-0.15, -0.1) is 11.3 Å². The highest BCUT2D eigenvalue weighted by Gasteiger charge is 2.18. The molecule has 0 saturated heterocycles. The first-order valence-corrected chi connectivity index (χ1v) is 17.3. The van der Waals surface area contributed by atoms with E-state index in [2.05, 4.69) is 127 Å². The van der Waals surface area contributed by atoms with Crippen molar-refractivity contribution < 1.29 is 0 Å². The van der Waals surface area contributed by atoms with Gasteiger partial charge in [0.25, 0.3) is 0 Å². The van der Waals surface area contributed by atoms with Crippen molar-refractivity contribution in [3.05, 3.63) is 164 Å². The summed E-state index contributed by atoms with van der Waals surface area (Å²) in [6.07, 6.45) is 0. The molecule has 8 aromatic carbocycles. The molecule has 4 heteroatoms. The zero-order chi connectivity index (χ0) is 32.3. The molecule has 49 heavy (non-hydrogen) atoms. The van der Waals surface area contributed by atoms with Crippen molar-refractivity contribution >= 4 is 63.8 Å². The van der Waals surface area contributed by atoms with Crippen LogP contribution in [0.2, 0.25) is 0 Å². The third kappa shape index (κ3) is 4.61. The quantitative estimate of drug-likeness (QED) is 0.180. The Balaban J connectivity index is 1.24. The Kier molecular flexibility index (Phi) is 6.36. The second-order valence-electron chi connectivity index (χ2n) is 12.4. The van der Waals surface area contributed by atoms with Crippen molar-refractivity contribution in [2.45, 2.75) is 0 Å². The molecular formula is C45H27N3S. The van der Waals surface area contributed by atoms with Crippen molar-refractivity contribution in [1.29, 1.82) is 0 Å². The van der Waals surface area contributed by atoms with Gasteiger partial charge in [0.2, 0.25) is 0 Å². The molecule has 0 saturated carbocycles. The van der Waals surface area contributed by atoms with Crippen LogP contribution in [0.15, 0.2) is 164 Å². The van der Waals surface area contributed by atoms with E-state index in [1.165, 1.54) is 47.3 Å². The van der Waals surface area contributed by atoms with Gasteiger partial charge in [-0.2, -0.15) is 0 Å². The van der Waals surface area contributed by atoms with Gasteiger partial charge in [-0.3, -0.25) is 0 Å². The van der Waals surface area contributed by atoms with E-state index in [1.54, 1.807) is 0 Å². The summed E-state index contributed by atoms with van der Waals surface area (Å²) in [6, 6.07) is 57.9. The van der Waals surface area contributed by atoms with Gasteiger partial charge in [-0.25, -0.2) is 15.0 Å². The third-order valence-electron chi connectivity index (χ3n) is 9.48. The molecule has 228 valence electrons. The zero-order valence-corrected chi connectivity index (χ0v) is 27.2. The Hall–Kier alpha value is -6.23. The molecule has 0 bridgehead atoms. The fourth-order valence-electron chi connectivity index (χ4n) is 7.15. The van der Waals surface area contributed by atoms with Crippen molar-refractivity contribution in [2.24, 2.45) is 0 Å². The standard InChI is InChI=1S/C45H27N3S/c1-3-13-30(14-4-1)43-46-44(31-15-5-2-6-16-31)48-45(47-43)39-27-33(26-32-17-8-9-18-34(32)39)36-20-11-21-37-38-25-24-29-23-22-28-12-7-10-19-35(28)40(29)42(38)49-41(36)37/h1-27H. The maximum absolute atomic E-state index is 5.12. The Labute approximate surface area is 286 Å². The molecule has 2 aromatic heterocycles. The number of rotatable bonds is 4. The van der Waals surface area contributed by atoms with Crippen LogP contribution >= 0.6 is 11.3 Å². The van der Waals surface area contributed by atoms with Gasteiger partial charge in [-0.05, 0) is 50.2 Å². The van der Waals surface area contributed by atoms with E-state index in [4.69, 9.17) is 15.0 Å². The molecular weight excluding hydrogens is 615 g/mol. The fraction of sp³-hybridized carbons (Fsp3) is 0.